The summed E-state index contributed by atoms with van der Waals surface area (Å²) in [6, 6.07) is 10.3. The summed E-state index contributed by atoms with van der Waals surface area (Å²) in [5, 5.41) is 10.7. The van der Waals surface area contributed by atoms with Gasteiger partial charge in [-0.25, -0.2) is 14.6 Å². The molecule has 1 atom stereocenters. The van der Waals surface area contributed by atoms with Gasteiger partial charge in [0.1, 0.15) is 11.4 Å². The van der Waals surface area contributed by atoms with E-state index < -0.39 is 12.2 Å². The lowest BCUT2D eigenvalue weighted by molar-refractivity contribution is -0.0507. The summed E-state index contributed by atoms with van der Waals surface area (Å²) in [4.78, 5) is 21.6. The summed E-state index contributed by atoms with van der Waals surface area (Å²) < 4.78 is 34.5. The van der Waals surface area contributed by atoms with Crippen LogP contribution in [-0.2, 0) is 12.1 Å². The number of hydrogen-bond acceptors (Lipinski definition) is 5. The third-order valence-corrected chi connectivity index (χ3v) is 6.15. The Kier molecular flexibility index (Phi) is 5.24. The quantitative estimate of drug-likeness (QED) is 0.472. The maximum Gasteiger partial charge on any atom is 0.387 e. The number of rotatable bonds is 5. The first-order valence-corrected chi connectivity index (χ1v) is 11.0. The SMILES string of the molecule is Cc1ccc(OC(F)F)c([C@@H]2CCn3c(=O)c4ccc(-c5cnc(C(C)(C)O)nc5)cc4n32)c1. The molecule has 5 rings (SSSR count). The van der Waals surface area contributed by atoms with Gasteiger partial charge in [0.05, 0.1) is 16.9 Å². The van der Waals surface area contributed by atoms with Crippen LogP contribution >= 0.6 is 0 Å². The van der Waals surface area contributed by atoms with E-state index in [2.05, 4.69) is 9.97 Å². The smallest absolute Gasteiger partial charge is 0.387 e. The van der Waals surface area contributed by atoms with E-state index in [-0.39, 0.29) is 17.4 Å². The van der Waals surface area contributed by atoms with E-state index in [1.807, 2.05) is 29.8 Å². The Morgan fingerprint density at radius 3 is 2.53 bits per heavy atom. The Morgan fingerprint density at radius 2 is 1.85 bits per heavy atom. The molecular weight excluding hydrogens is 442 g/mol. The number of benzene rings is 2. The van der Waals surface area contributed by atoms with Crippen molar-refractivity contribution in [3.05, 3.63) is 76.1 Å². The summed E-state index contributed by atoms with van der Waals surface area (Å²) in [5.41, 5.74) is 2.48. The van der Waals surface area contributed by atoms with E-state index in [1.165, 1.54) is 0 Å². The van der Waals surface area contributed by atoms with E-state index >= 15 is 0 Å². The average molecular weight is 466 g/mol. The zero-order chi connectivity index (χ0) is 24.2. The first-order valence-electron chi connectivity index (χ1n) is 11.0. The number of nitrogens with zero attached hydrogens (tertiary/aromatic N) is 4. The van der Waals surface area contributed by atoms with Crippen molar-refractivity contribution in [3.8, 4) is 16.9 Å². The van der Waals surface area contributed by atoms with Gasteiger partial charge in [-0.2, -0.15) is 8.78 Å². The number of aryl methyl sites for hydroxylation is 1. The second kappa shape index (κ2) is 8.02. The van der Waals surface area contributed by atoms with Gasteiger partial charge in [0.15, 0.2) is 5.82 Å². The third kappa shape index (κ3) is 3.75. The van der Waals surface area contributed by atoms with Crippen LogP contribution in [0.4, 0.5) is 8.78 Å². The summed E-state index contributed by atoms with van der Waals surface area (Å²) in [6.07, 6.45) is 3.85. The van der Waals surface area contributed by atoms with E-state index in [1.54, 1.807) is 49.1 Å². The molecule has 3 heterocycles. The van der Waals surface area contributed by atoms with Crippen LogP contribution in [-0.4, -0.2) is 31.0 Å². The van der Waals surface area contributed by atoms with Crippen molar-refractivity contribution < 1.29 is 18.6 Å². The molecule has 0 unspecified atom stereocenters. The maximum absolute atomic E-state index is 13.1. The molecule has 34 heavy (non-hydrogen) atoms. The number of ether oxygens (including phenoxy) is 1. The van der Waals surface area contributed by atoms with Crippen LogP contribution < -0.4 is 10.3 Å². The monoisotopic (exact) mass is 466 g/mol. The molecule has 0 saturated heterocycles. The largest absolute Gasteiger partial charge is 0.434 e. The molecule has 2 aromatic carbocycles. The first kappa shape index (κ1) is 22.2. The second-order valence-corrected chi connectivity index (χ2v) is 9.08. The molecule has 1 aliphatic rings. The summed E-state index contributed by atoms with van der Waals surface area (Å²) in [6.45, 7) is 2.65. The van der Waals surface area contributed by atoms with Crippen LogP contribution in [0, 0.1) is 6.92 Å². The lowest BCUT2D eigenvalue weighted by Crippen LogP contribution is -2.19. The fraction of sp³-hybridized carbons (Fsp3) is 0.320. The van der Waals surface area contributed by atoms with Crippen molar-refractivity contribution in [2.24, 2.45) is 0 Å². The van der Waals surface area contributed by atoms with Crippen LogP contribution in [0.5, 0.6) is 5.75 Å². The molecule has 0 saturated carbocycles. The number of hydrogen-bond donors (Lipinski definition) is 1. The van der Waals surface area contributed by atoms with E-state index in [0.717, 1.165) is 16.7 Å². The molecule has 2 aromatic heterocycles. The molecule has 0 amide bonds. The first-order chi connectivity index (χ1) is 16.1. The van der Waals surface area contributed by atoms with Crippen molar-refractivity contribution in [2.75, 3.05) is 0 Å². The lowest BCUT2D eigenvalue weighted by Gasteiger charge is -2.19. The Bertz CT molecular complexity index is 1440. The molecular formula is C25H24F2N4O3. The zero-order valence-corrected chi connectivity index (χ0v) is 19.0. The normalized spacial score (nSPS) is 15.8. The fourth-order valence-electron chi connectivity index (χ4n) is 4.57. The second-order valence-electron chi connectivity index (χ2n) is 9.08. The maximum atomic E-state index is 13.1. The minimum absolute atomic E-state index is 0.111. The van der Waals surface area contributed by atoms with Gasteiger partial charge < -0.3 is 9.84 Å². The molecule has 0 spiro atoms. The Balaban J connectivity index is 1.63. The van der Waals surface area contributed by atoms with Crippen molar-refractivity contribution in [2.45, 2.75) is 52.0 Å². The van der Waals surface area contributed by atoms with Crippen molar-refractivity contribution >= 4 is 10.9 Å². The van der Waals surface area contributed by atoms with Gasteiger partial charge in [-0.3, -0.25) is 9.48 Å². The molecule has 176 valence electrons. The molecule has 1 aliphatic heterocycles. The molecule has 4 aromatic rings. The van der Waals surface area contributed by atoms with Crippen LogP contribution in [0.1, 0.15) is 43.3 Å². The van der Waals surface area contributed by atoms with E-state index in [4.69, 9.17) is 4.74 Å². The number of aromatic nitrogens is 4. The fourth-order valence-corrected chi connectivity index (χ4v) is 4.57. The summed E-state index contributed by atoms with van der Waals surface area (Å²) >= 11 is 0. The van der Waals surface area contributed by atoms with Gasteiger partial charge in [0.25, 0.3) is 5.56 Å². The van der Waals surface area contributed by atoms with Gasteiger partial charge in [-0.15, -0.1) is 0 Å². The number of aliphatic hydroxyl groups is 1. The van der Waals surface area contributed by atoms with E-state index in [9.17, 15) is 18.7 Å². The van der Waals surface area contributed by atoms with Gasteiger partial charge in [0.2, 0.25) is 0 Å². The highest BCUT2D eigenvalue weighted by atomic mass is 19.3. The van der Waals surface area contributed by atoms with Crippen LogP contribution in [0.15, 0.2) is 53.6 Å². The summed E-state index contributed by atoms with van der Waals surface area (Å²) in [5.74, 6) is 0.421. The van der Waals surface area contributed by atoms with Gasteiger partial charge in [0, 0.05) is 30.1 Å². The number of halogens is 2. The number of fused-ring (bicyclic) bond motifs is 3. The molecule has 0 fully saturated rings. The zero-order valence-electron chi connectivity index (χ0n) is 19.0. The predicted molar refractivity (Wildman–Crippen MR) is 123 cm³/mol. The highest BCUT2D eigenvalue weighted by Gasteiger charge is 2.30. The molecule has 1 N–H and O–H groups in total. The van der Waals surface area contributed by atoms with Gasteiger partial charge in [-0.05, 0) is 51.0 Å². The Labute approximate surface area is 194 Å². The molecule has 0 radical (unpaired) electrons. The highest BCUT2D eigenvalue weighted by molar-refractivity contribution is 5.84. The van der Waals surface area contributed by atoms with Crippen LogP contribution in [0.25, 0.3) is 22.0 Å². The Hall–Kier alpha value is -3.59. The molecule has 0 aliphatic carbocycles. The highest BCUT2D eigenvalue weighted by Crippen LogP contribution is 2.38. The van der Waals surface area contributed by atoms with Gasteiger partial charge in [-0.1, -0.05) is 23.8 Å². The molecule has 7 nitrogen and oxygen atoms in total. The Morgan fingerprint density at radius 1 is 1.12 bits per heavy atom. The predicted octanol–water partition coefficient (Wildman–Crippen LogP) is 4.39. The molecule has 0 bridgehead atoms. The third-order valence-electron chi connectivity index (χ3n) is 6.15. The van der Waals surface area contributed by atoms with Crippen LogP contribution in [0.2, 0.25) is 0 Å². The molecule has 9 heteroatoms. The standard InChI is InChI=1S/C25H24F2N4O3/c1-14-4-7-21(34-24(26)27)18(10-14)19-8-9-30-22(32)17-6-5-15(11-20(17)31(19)30)16-12-28-23(29-13-16)25(2,3)33/h4-7,10-13,19,24,33H,8-9H2,1-3H3/t19-/m0/s1. The number of alkyl halides is 2. The summed E-state index contributed by atoms with van der Waals surface area (Å²) in [7, 11) is 0. The van der Waals surface area contributed by atoms with E-state index in [0.29, 0.717) is 35.3 Å². The van der Waals surface area contributed by atoms with Crippen molar-refractivity contribution in [1.29, 1.82) is 0 Å². The van der Waals surface area contributed by atoms with Crippen molar-refractivity contribution in [1.82, 2.24) is 19.3 Å². The van der Waals surface area contributed by atoms with Gasteiger partial charge >= 0.3 is 6.61 Å². The lowest BCUT2D eigenvalue weighted by atomic mass is 10.0. The topological polar surface area (TPSA) is 82.2 Å². The minimum atomic E-state index is -2.94. The average Bonchev–Trinajstić information content (AvgIpc) is 3.34. The van der Waals surface area contributed by atoms with Crippen molar-refractivity contribution in [3.63, 3.8) is 0 Å². The van der Waals surface area contributed by atoms with Crippen LogP contribution in [0.3, 0.4) is 0 Å². The minimum Gasteiger partial charge on any atom is -0.434 e.